The molecule has 1 atom stereocenters. The molecule has 0 spiro atoms. The van der Waals surface area contributed by atoms with Gasteiger partial charge in [0.25, 0.3) is 0 Å². The van der Waals surface area contributed by atoms with Crippen LogP contribution < -0.4 is 5.73 Å². The van der Waals surface area contributed by atoms with Crippen LogP contribution in [0.1, 0.15) is 36.3 Å². The third kappa shape index (κ3) is 1.50. The molecule has 4 nitrogen and oxygen atoms in total. The zero-order chi connectivity index (χ0) is 12.0. The molecule has 16 heavy (non-hydrogen) atoms. The largest absolute Gasteiger partial charge is 0.465 e. The van der Waals surface area contributed by atoms with Crippen molar-refractivity contribution < 1.29 is 9.53 Å². The summed E-state index contributed by atoms with van der Waals surface area (Å²) in [7, 11) is 1.35. The molecule has 4 heteroatoms. The monoisotopic (exact) mass is 220 g/mol. The normalized spacial score (nSPS) is 26.2. The summed E-state index contributed by atoms with van der Waals surface area (Å²) in [6.45, 7) is 4.23. The molecular formula is C12H16N2O2. The number of nitrogens with zero attached hydrogens (tertiary/aromatic N) is 1. The Morgan fingerprint density at radius 2 is 2.12 bits per heavy atom. The first-order chi connectivity index (χ1) is 7.40. The van der Waals surface area contributed by atoms with Gasteiger partial charge in [0, 0.05) is 6.20 Å². The van der Waals surface area contributed by atoms with Crippen molar-refractivity contribution in [2.24, 2.45) is 11.1 Å². The SMILES string of the molecule is COC(=O)c1ccc(C2(N)CC2(C)C)nc1. The van der Waals surface area contributed by atoms with Crippen LogP contribution in [0.25, 0.3) is 0 Å². The molecule has 0 aliphatic heterocycles. The van der Waals surface area contributed by atoms with Crippen molar-refractivity contribution in [1.82, 2.24) is 4.98 Å². The number of carbonyl (C=O) groups is 1. The van der Waals surface area contributed by atoms with Crippen LogP contribution in [0, 0.1) is 5.41 Å². The van der Waals surface area contributed by atoms with E-state index in [-0.39, 0.29) is 16.9 Å². The average molecular weight is 220 g/mol. The second-order valence-electron chi connectivity index (χ2n) is 4.96. The molecule has 1 aliphatic rings. The fourth-order valence-corrected chi connectivity index (χ4v) is 1.99. The first kappa shape index (κ1) is 11.1. The summed E-state index contributed by atoms with van der Waals surface area (Å²) >= 11 is 0. The summed E-state index contributed by atoms with van der Waals surface area (Å²) in [5, 5.41) is 0. The molecule has 1 heterocycles. The van der Waals surface area contributed by atoms with Gasteiger partial charge in [-0.15, -0.1) is 0 Å². The van der Waals surface area contributed by atoms with Gasteiger partial charge in [-0.3, -0.25) is 4.98 Å². The molecule has 1 aromatic rings. The van der Waals surface area contributed by atoms with Gasteiger partial charge in [-0.1, -0.05) is 13.8 Å². The van der Waals surface area contributed by atoms with Crippen LogP contribution in [-0.2, 0) is 10.3 Å². The second-order valence-corrected chi connectivity index (χ2v) is 4.96. The number of methoxy groups -OCH3 is 1. The van der Waals surface area contributed by atoms with Crippen molar-refractivity contribution in [3.8, 4) is 0 Å². The van der Waals surface area contributed by atoms with Crippen LogP contribution >= 0.6 is 0 Å². The van der Waals surface area contributed by atoms with Crippen molar-refractivity contribution in [1.29, 1.82) is 0 Å². The number of pyridine rings is 1. The Labute approximate surface area is 94.8 Å². The minimum absolute atomic E-state index is 0.0901. The Morgan fingerprint density at radius 3 is 2.50 bits per heavy atom. The number of rotatable bonds is 2. The quantitative estimate of drug-likeness (QED) is 0.766. The third-order valence-electron chi connectivity index (χ3n) is 3.45. The Balaban J connectivity index is 2.25. The second kappa shape index (κ2) is 3.28. The van der Waals surface area contributed by atoms with Gasteiger partial charge in [0.1, 0.15) is 0 Å². The topological polar surface area (TPSA) is 65.2 Å². The van der Waals surface area contributed by atoms with E-state index in [1.807, 2.05) is 0 Å². The molecule has 1 aliphatic carbocycles. The van der Waals surface area contributed by atoms with Gasteiger partial charge in [-0.2, -0.15) is 0 Å². The Morgan fingerprint density at radius 1 is 1.50 bits per heavy atom. The molecule has 0 radical (unpaired) electrons. The number of carbonyl (C=O) groups excluding carboxylic acids is 1. The van der Waals surface area contributed by atoms with Crippen molar-refractivity contribution in [2.45, 2.75) is 25.8 Å². The molecule has 2 N–H and O–H groups in total. The Kier molecular flexibility index (Phi) is 2.27. The Hall–Kier alpha value is -1.42. The van der Waals surface area contributed by atoms with E-state index in [2.05, 4.69) is 23.6 Å². The number of aromatic nitrogens is 1. The minimum atomic E-state index is -0.375. The van der Waals surface area contributed by atoms with Gasteiger partial charge in [-0.05, 0) is 24.0 Å². The van der Waals surface area contributed by atoms with Crippen LogP contribution in [0.2, 0.25) is 0 Å². The molecule has 1 unspecified atom stereocenters. The van der Waals surface area contributed by atoms with Crippen molar-refractivity contribution >= 4 is 5.97 Å². The molecule has 0 aromatic carbocycles. The number of nitrogens with two attached hydrogens (primary N) is 1. The zero-order valence-electron chi connectivity index (χ0n) is 9.78. The highest BCUT2D eigenvalue weighted by Gasteiger charge is 2.60. The zero-order valence-corrected chi connectivity index (χ0v) is 9.78. The predicted molar refractivity (Wildman–Crippen MR) is 59.8 cm³/mol. The number of hydrogen-bond acceptors (Lipinski definition) is 4. The summed E-state index contributed by atoms with van der Waals surface area (Å²) in [5.41, 5.74) is 7.26. The van der Waals surface area contributed by atoms with E-state index in [0.29, 0.717) is 5.56 Å². The lowest BCUT2D eigenvalue weighted by Crippen LogP contribution is -2.26. The van der Waals surface area contributed by atoms with Gasteiger partial charge >= 0.3 is 5.97 Å². The molecule has 0 bridgehead atoms. The van der Waals surface area contributed by atoms with Crippen molar-refractivity contribution in [3.63, 3.8) is 0 Å². The highest BCUT2D eigenvalue weighted by atomic mass is 16.5. The van der Waals surface area contributed by atoms with E-state index in [9.17, 15) is 4.79 Å². The lowest BCUT2D eigenvalue weighted by molar-refractivity contribution is 0.0600. The summed E-state index contributed by atoms with van der Waals surface area (Å²) in [4.78, 5) is 15.5. The Bertz CT molecular complexity index is 425. The van der Waals surface area contributed by atoms with E-state index in [4.69, 9.17) is 5.73 Å². The van der Waals surface area contributed by atoms with E-state index >= 15 is 0 Å². The third-order valence-corrected chi connectivity index (χ3v) is 3.45. The molecular weight excluding hydrogens is 204 g/mol. The van der Waals surface area contributed by atoms with E-state index < -0.39 is 0 Å². The van der Waals surface area contributed by atoms with Gasteiger partial charge < -0.3 is 10.5 Å². The maximum absolute atomic E-state index is 11.2. The van der Waals surface area contributed by atoms with Crippen molar-refractivity contribution in [3.05, 3.63) is 29.6 Å². The molecule has 0 amide bonds. The van der Waals surface area contributed by atoms with Gasteiger partial charge in [0.05, 0.1) is 23.9 Å². The van der Waals surface area contributed by atoms with Crippen LogP contribution in [0.3, 0.4) is 0 Å². The summed E-state index contributed by atoms with van der Waals surface area (Å²) < 4.78 is 4.61. The first-order valence-corrected chi connectivity index (χ1v) is 5.24. The molecule has 1 aromatic heterocycles. The number of esters is 1. The molecule has 2 rings (SSSR count). The lowest BCUT2D eigenvalue weighted by atomic mass is 10.0. The van der Waals surface area contributed by atoms with E-state index in [0.717, 1.165) is 12.1 Å². The molecule has 1 saturated carbocycles. The molecule has 86 valence electrons. The highest BCUT2D eigenvalue weighted by molar-refractivity contribution is 5.88. The standard InChI is InChI=1S/C12H16N2O2/c1-11(2)7-12(11,13)9-5-4-8(6-14-9)10(15)16-3/h4-6H,7,13H2,1-3H3. The maximum atomic E-state index is 11.2. The highest BCUT2D eigenvalue weighted by Crippen LogP contribution is 2.59. The van der Waals surface area contributed by atoms with Crippen molar-refractivity contribution in [2.75, 3.05) is 7.11 Å². The predicted octanol–water partition coefficient (Wildman–Crippen LogP) is 1.45. The summed E-state index contributed by atoms with van der Waals surface area (Å²) in [6, 6.07) is 3.51. The van der Waals surface area contributed by atoms with Crippen LogP contribution in [0.15, 0.2) is 18.3 Å². The molecule has 1 fully saturated rings. The fraction of sp³-hybridized carbons (Fsp3) is 0.500. The molecule has 0 saturated heterocycles. The van der Waals surface area contributed by atoms with Gasteiger partial charge in [0.15, 0.2) is 0 Å². The van der Waals surface area contributed by atoms with Crippen LogP contribution in [0.5, 0.6) is 0 Å². The first-order valence-electron chi connectivity index (χ1n) is 5.24. The smallest absolute Gasteiger partial charge is 0.339 e. The van der Waals surface area contributed by atoms with Crippen LogP contribution in [-0.4, -0.2) is 18.1 Å². The minimum Gasteiger partial charge on any atom is -0.465 e. The van der Waals surface area contributed by atoms with Crippen LogP contribution in [0.4, 0.5) is 0 Å². The van der Waals surface area contributed by atoms with Gasteiger partial charge in [0.2, 0.25) is 0 Å². The number of hydrogen-bond donors (Lipinski definition) is 1. The van der Waals surface area contributed by atoms with E-state index in [1.165, 1.54) is 13.3 Å². The number of ether oxygens (including phenoxy) is 1. The maximum Gasteiger partial charge on any atom is 0.339 e. The van der Waals surface area contributed by atoms with Gasteiger partial charge in [-0.25, -0.2) is 4.79 Å². The lowest BCUT2D eigenvalue weighted by Gasteiger charge is -2.14. The fourth-order valence-electron chi connectivity index (χ4n) is 1.99. The average Bonchev–Trinajstić information content (AvgIpc) is 2.79. The summed E-state index contributed by atoms with van der Waals surface area (Å²) in [5.74, 6) is -0.375. The summed E-state index contributed by atoms with van der Waals surface area (Å²) in [6.07, 6.45) is 2.44. The van der Waals surface area contributed by atoms with E-state index in [1.54, 1.807) is 12.1 Å².